The maximum atomic E-state index is 5.64. The summed E-state index contributed by atoms with van der Waals surface area (Å²) in [6.07, 6.45) is 8.37. The summed E-state index contributed by atoms with van der Waals surface area (Å²) >= 11 is 0. The molecule has 0 saturated carbocycles. The first-order valence-corrected chi connectivity index (χ1v) is 4.78. The Hall–Kier alpha value is -0.340. The molecule has 1 fully saturated rings. The molecule has 0 amide bonds. The summed E-state index contributed by atoms with van der Waals surface area (Å²) in [5.41, 5.74) is 0. The molecule has 3 atom stereocenters. The van der Waals surface area contributed by atoms with Crippen molar-refractivity contribution in [3.8, 4) is 0 Å². The van der Waals surface area contributed by atoms with Gasteiger partial charge in [0.25, 0.3) is 0 Å². The van der Waals surface area contributed by atoms with E-state index in [1.807, 2.05) is 0 Å². The van der Waals surface area contributed by atoms with Gasteiger partial charge in [-0.3, -0.25) is 0 Å². The summed E-state index contributed by atoms with van der Waals surface area (Å²) in [6, 6.07) is 0. The fourth-order valence-corrected chi connectivity index (χ4v) is 1.85. The van der Waals surface area contributed by atoms with Gasteiger partial charge >= 0.3 is 0 Å². The van der Waals surface area contributed by atoms with Crippen molar-refractivity contribution in [3.05, 3.63) is 12.2 Å². The Labute approximate surface area is 73.5 Å². The van der Waals surface area contributed by atoms with Gasteiger partial charge in [-0.1, -0.05) is 12.2 Å². The average Bonchev–Trinajstić information content (AvgIpc) is 2.54. The summed E-state index contributed by atoms with van der Waals surface area (Å²) in [5, 5.41) is 0. The molecule has 0 radical (unpaired) electrons. The Bertz CT molecular complexity index is 177. The molecule has 0 unspecified atom stereocenters. The minimum atomic E-state index is 0.0740. The second kappa shape index (κ2) is 3.58. The Morgan fingerprint density at radius 3 is 2.83 bits per heavy atom. The number of allylic oxidation sites excluding steroid dienone is 2. The molecule has 1 heterocycles. The van der Waals surface area contributed by atoms with Gasteiger partial charge in [-0.15, -0.1) is 0 Å². The summed E-state index contributed by atoms with van der Waals surface area (Å²) in [6.45, 7) is 2.84. The number of ether oxygens (including phenoxy) is 2. The van der Waals surface area contributed by atoms with Crippen molar-refractivity contribution >= 4 is 0 Å². The fourth-order valence-electron chi connectivity index (χ4n) is 1.85. The molecule has 0 aromatic carbocycles. The average molecular weight is 168 g/mol. The van der Waals surface area contributed by atoms with Crippen molar-refractivity contribution < 1.29 is 9.47 Å². The molecule has 0 spiro atoms. The summed E-state index contributed by atoms with van der Waals surface area (Å²) in [5.74, 6) is 0.597. The summed E-state index contributed by atoms with van der Waals surface area (Å²) < 4.78 is 11.2. The molecule has 0 bridgehead atoms. The lowest BCUT2D eigenvalue weighted by Crippen LogP contribution is -2.22. The van der Waals surface area contributed by atoms with E-state index in [9.17, 15) is 0 Å². The maximum Gasteiger partial charge on any atom is 0.161 e. The molecule has 2 heteroatoms. The van der Waals surface area contributed by atoms with E-state index in [1.165, 1.54) is 12.8 Å². The quantitative estimate of drug-likeness (QED) is 0.558. The molecular formula is C10H16O2. The van der Waals surface area contributed by atoms with Gasteiger partial charge in [-0.2, -0.15) is 0 Å². The lowest BCUT2D eigenvalue weighted by Gasteiger charge is -2.22. The lowest BCUT2D eigenvalue weighted by atomic mass is 9.94. The third kappa shape index (κ3) is 1.70. The minimum absolute atomic E-state index is 0.0740. The second-order valence-electron chi connectivity index (χ2n) is 3.69. The number of rotatable bonds is 1. The van der Waals surface area contributed by atoms with Crippen molar-refractivity contribution in [1.29, 1.82) is 0 Å². The van der Waals surface area contributed by atoms with Crippen LogP contribution in [-0.2, 0) is 9.47 Å². The number of hydrogen-bond donors (Lipinski definition) is 0. The Balaban J connectivity index is 1.88. The first-order valence-electron chi connectivity index (χ1n) is 4.78. The van der Waals surface area contributed by atoms with E-state index in [1.54, 1.807) is 0 Å². The van der Waals surface area contributed by atoms with Gasteiger partial charge in [-0.25, -0.2) is 0 Å². The van der Waals surface area contributed by atoms with Gasteiger partial charge in [0, 0.05) is 5.92 Å². The Kier molecular flexibility index (Phi) is 2.47. The van der Waals surface area contributed by atoms with Crippen LogP contribution in [-0.4, -0.2) is 19.0 Å². The van der Waals surface area contributed by atoms with E-state index in [0.717, 1.165) is 13.0 Å². The zero-order chi connectivity index (χ0) is 8.39. The molecule has 12 heavy (non-hydrogen) atoms. The van der Waals surface area contributed by atoms with Crippen LogP contribution in [0.5, 0.6) is 0 Å². The number of hydrogen-bond acceptors (Lipinski definition) is 2. The molecule has 2 nitrogen and oxygen atoms in total. The van der Waals surface area contributed by atoms with E-state index in [0.29, 0.717) is 12.0 Å². The van der Waals surface area contributed by atoms with Crippen LogP contribution in [0.3, 0.4) is 0 Å². The Morgan fingerprint density at radius 2 is 2.25 bits per heavy atom. The fraction of sp³-hybridized carbons (Fsp3) is 0.800. The van der Waals surface area contributed by atoms with Crippen molar-refractivity contribution in [2.24, 2.45) is 5.92 Å². The smallest absolute Gasteiger partial charge is 0.161 e. The van der Waals surface area contributed by atoms with E-state index >= 15 is 0 Å². The zero-order valence-corrected chi connectivity index (χ0v) is 7.53. The van der Waals surface area contributed by atoms with Crippen LogP contribution in [0.1, 0.15) is 26.2 Å². The van der Waals surface area contributed by atoms with E-state index in [4.69, 9.17) is 9.47 Å². The third-order valence-corrected chi connectivity index (χ3v) is 2.56. The van der Waals surface area contributed by atoms with Gasteiger partial charge in [-0.05, 0) is 26.2 Å². The van der Waals surface area contributed by atoms with Crippen LogP contribution in [0, 0.1) is 5.92 Å². The largest absolute Gasteiger partial charge is 0.350 e. The molecule has 2 aliphatic rings. The van der Waals surface area contributed by atoms with Crippen LogP contribution in [0.25, 0.3) is 0 Å². The highest BCUT2D eigenvalue weighted by Gasteiger charge is 2.29. The molecule has 0 aromatic rings. The molecule has 1 saturated heterocycles. The lowest BCUT2D eigenvalue weighted by molar-refractivity contribution is -0.0959. The topological polar surface area (TPSA) is 18.5 Å². The molecular weight excluding hydrogens is 152 g/mol. The monoisotopic (exact) mass is 168 g/mol. The van der Waals surface area contributed by atoms with Crippen LogP contribution >= 0.6 is 0 Å². The highest BCUT2D eigenvalue weighted by molar-refractivity contribution is 4.91. The maximum absolute atomic E-state index is 5.64. The highest BCUT2D eigenvalue weighted by Crippen LogP contribution is 2.28. The van der Waals surface area contributed by atoms with Crippen molar-refractivity contribution in [1.82, 2.24) is 0 Å². The molecule has 0 N–H and O–H groups in total. The minimum Gasteiger partial charge on any atom is -0.350 e. The van der Waals surface area contributed by atoms with E-state index < -0.39 is 0 Å². The normalized spacial score (nSPS) is 41.9. The third-order valence-electron chi connectivity index (χ3n) is 2.56. The first-order chi connectivity index (χ1) is 5.86. The van der Waals surface area contributed by atoms with Crippen molar-refractivity contribution in [3.63, 3.8) is 0 Å². The van der Waals surface area contributed by atoms with Gasteiger partial charge in [0.15, 0.2) is 6.29 Å². The second-order valence-corrected chi connectivity index (χ2v) is 3.69. The molecule has 0 aromatic heterocycles. The van der Waals surface area contributed by atoms with Gasteiger partial charge in [0.1, 0.15) is 0 Å². The Morgan fingerprint density at radius 1 is 1.33 bits per heavy atom. The zero-order valence-electron chi connectivity index (χ0n) is 7.53. The molecule has 1 aliphatic carbocycles. The SMILES string of the molecule is C[C@@H]1CO[C@H]([C@@H]2CC=CCC2)O1. The van der Waals surface area contributed by atoms with Gasteiger partial charge in [0.05, 0.1) is 12.7 Å². The first kappa shape index (κ1) is 8.27. The van der Waals surface area contributed by atoms with Crippen molar-refractivity contribution in [2.45, 2.75) is 38.6 Å². The predicted molar refractivity (Wildman–Crippen MR) is 46.8 cm³/mol. The molecule has 2 rings (SSSR count). The van der Waals surface area contributed by atoms with Crippen LogP contribution in [0.4, 0.5) is 0 Å². The molecule has 68 valence electrons. The van der Waals surface area contributed by atoms with E-state index in [2.05, 4.69) is 19.1 Å². The molecule has 1 aliphatic heterocycles. The van der Waals surface area contributed by atoms with Gasteiger partial charge in [0.2, 0.25) is 0 Å². The van der Waals surface area contributed by atoms with E-state index in [-0.39, 0.29) is 6.29 Å². The summed E-state index contributed by atoms with van der Waals surface area (Å²) in [7, 11) is 0. The summed E-state index contributed by atoms with van der Waals surface area (Å²) in [4.78, 5) is 0. The van der Waals surface area contributed by atoms with Crippen LogP contribution in [0.2, 0.25) is 0 Å². The van der Waals surface area contributed by atoms with Crippen molar-refractivity contribution in [2.75, 3.05) is 6.61 Å². The standard InChI is InChI=1S/C10H16O2/c1-8-7-11-10(12-8)9-5-3-2-4-6-9/h2-3,8-10H,4-7H2,1H3/t8-,9-,10+/m1/s1. The highest BCUT2D eigenvalue weighted by atomic mass is 16.7. The van der Waals surface area contributed by atoms with Gasteiger partial charge < -0.3 is 9.47 Å². The predicted octanol–water partition coefficient (Wildman–Crippen LogP) is 2.10. The van der Waals surface area contributed by atoms with Crippen LogP contribution < -0.4 is 0 Å². The van der Waals surface area contributed by atoms with Crippen LogP contribution in [0.15, 0.2) is 12.2 Å².